The number of thiazole rings is 1. The molecule has 0 aliphatic heterocycles. The molecule has 0 aromatic carbocycles. The summed E-state index contributed by atoms with van der Waals surface area (Å²) >= 11 is 1.77. The van der Waals surface area contributed by atoms with Crippen LogP contribution in [-0.2, 0) is 6.54 Å². The highest BCUT2D eigenvalue weighted by molar-refractivity contribution is 7.09. The lowest BCUT2D eigenvalue weighted by Gasteiger charge is -2.04. The van der Waals surface area contributed by atoms with Gasteiger partial charge in [-0.1, -0.05) is 0 Å². The highest BCUT2D eigenvalue weighted by Gasteiger charge is 2.26. The maximum Gasteiger partial charge on any atom is 0.0959 e. The summed E-state index contributed by atoms with van der Waals surface area (Å²) in [5, 5.41) is 15.6. The van der Waals surface area contributed by atoms with E-state index in [4.69, 9.17) is 5.11 Å². The third kappa shape index (κ3) is 2.77. The van der Waals surface area contributed by atoms with Gasteiger partial charge in [0.05, 0.1) is 16.8 Å². The van der Waals surface area contributed by atoms with Crippen LogP contribution in [-0.4, -0.2) is 22.7 Å². The molecule has 0 unspecified atom stereocenters. The molecular formula is C10H16N2OS. The first-order valence-corrected chi connectivity index (χ1v) is 5.96. The number of rotatable bonds is 5. The molecule has 1 saturated carbocycles. The average molecular weight is 212 g/mol. The minimum absolute atomic E-state index is 0.281. The summed E-state index contributed by atoms with van der Waals surface area (Å²) in [6.07, 6.45) is 2.35. The molecule has 2 rings (SSSR count). The second-order valence-electron chi connectivity index (χ2n) is 3.93. The van der Waals surface area contributed by atoms with Crippen LogP contribution in [0.3, 0.4) is 0 Å². The molecule has 2 N–H and O–H groups in total. The fraction of sp³-hybridized carbons (Fsp3) is 0.700. The largest absolute Gasteiger partial charge is 0.392 e. The van der Waals surface area contributed by atoms with Crippen LogP contribution in [0, 0.1) is 0 Å². The second kappa shape index (κ2) is 4.38. The van der Waals surface area contributed by atoms with Gasteiger partial charge in [-0.25, -0.2) is 4.98 Å². The van der Waals surface area contributed by atoms with E-state index < -0.39 is 0 Å². The van der Waals surface area contributed by atoms with Crippen molar-refractivity contribution in [3.63, 3.8) is 0 Å². The number of hydrogen-bond donors (Lipinski definition) is 2. The summed E-state index contributed by atoms with van der Waals surface area (Å²) in [7, 11) is 0. The quantitative estimate of drug-likeness (QED) is 0.777. The fourth-order valence-electron chi connectivity index (χ4n) is 1.33. The van der Waals surface area contributed by atoms with Crippen LogP contribution in [0.4, 0.5) is 0 Å². The Morgan fingerprint density at radius 1 is 1.71 bits per heavy atom. The molecular weight excluding hydrogens is 196 g/mol. The molecule has 3 nitrogen and oxygen atoms in total. The molecule has 0 spiro atoms. The smallest absolute Gasteiger partial charge is 0.0959 e. The van der Waals surface area contributed by atoms with E-state index in [1.807, 2.05) is 0 Å². The predicted octanol–water partition coefficient (Wildman–Crippen LogP) is 1.49. The van der Waals surface area contributed by atoms with Crippen molar-refractivity contribution in [1.82, 2.24) is 10.3 Å². The van der Waals surface area contributed by atoms with Gasteiger partial charge in [0.25, 0.3) is 0 Å². The first-order valence-electron chi connectivity index (χ1n) is 5.09. The zero-order valence-corrected chi connectivity index (χ0v) is 9.18. The van der Waals surface area contributed by atoms with Crippen LogP contribution in [0.15, 0.2) is 5.38 Å². The monoisotopic (exact) mass is 212 g/mol. The van der Waals surface area contributed by atoms with Crippen LogP contribution < -0.4 is 5.32 Å². The van der Waals surface area contributed by atoms with Crippen molar-refractivity contribution in [1.29, 1.82) is 0 Å². The van der Waals surface area contributed by atoms with Crippen LogP contribution in [0.2, 0.25) is 0 Å². The highest BCUT2D eigenvalue weighted by Crippen LogP contribution is 2.41. The van der Waals surface area contributed by atoms with Gasteiger partial charge in [0, 0.05) is 24.4 Å². The Balaban J connectivity index is 1.78. The lowest BCUT2D eigenvalue weighted by molar-refractivity contribution is 0.191. The molecule has 0 amide bonds. The maximum absolute atomic E-state index is 9.05. The molecule has 1 fully saturated rings. The summed E-state index contributed by atoms with van der Waals surface area (Å²) in [6.45, 7) is 3.19. The van der Waals surface area contributed by atoms with Crippen molar-refractivity contribution in [2.45, 2.75) is 38.3 Å². The molecule has 1 atom stereocenters. The molecule has 0 bridgehead atoms. The van der Waals surface area contributed by atoms with E-state index in [0.29, 0.717) is 6.54 Å². The number of aromatic nitrogens is 1. The number of hydrogen-bond acceptors (Lipinski definition) is 4. The second-order valence-corrected chi connectivity index (χ2v) is 4.82. The Morgan fingerprint density at radius 2 is 2.50 bits per heavy atom. The Morgan fingerprint density at radius 3 is 3.14 bits per heavy atom. The summed E-state index contributed by atoms with van der Waals surface area (Å²) < 4.78 is 0. The van der Waals surface area contributed by atoms with Gasteiger partial charge in [0.2, 0.25) is 0 Å². The third-order valence-corrected chi connectivity index (χ3v) is 3.30. The molecule has 0 radical (unpaired) electrons. The first-order chi connectivity index (χ1) is 6.75. The van der Waals surface area contributed by atoms with Crippen molar-refractivity contribution < 1.29 is 5.11 Å². The van der Waals surface area contributed by atoms with E-state index in [0.717, 1.165) is 18.2 Å². The fourth-order valence-corrected chi connectivity index (χ4v) is 2.32. The third-order valence-electron chi connectivity index (χ3n) is 2.24. The average Bonchev–Trinajstić information content (AvgIpc) is 2.87. The van der Waals surface area contributed by atoms with Crippen molar-refractivity contribution in [3.05, 3.63) is 16.1 Å². The van der Waals surface area contributed by atoms with Gasteiger partial charge in [-0.15, -0.1) is 11.3 Å². The van der Waals surface area contributed by atoms with Crippen LogP contribution in [0.1, 0.15) is 36.4 Å². The van der Waals surface area contributed by atoms with Crippen molar-refractivity contribution in [2.75, 3.05) is 6.54 Å². The summed E-state index contributed by atoms with van der Waals surface area (Å²) in [5.74, 6) is 0.755. The van der Waals surface area contributed by atoms with Gasteiger partial charge < -0.3 is 10.4 Å². The number of aliphatic hydroxyl groups excluding tert-OH is 1. The Bertz CT molecular complexity index is 294. The van der Waals surface area contributed by atoms with E-state index >= 15 is 0 Å². The van der Waals surface area contributed by atoms with Gasteiger partial charge in [-0.3, -0.25) is 0 Å². The van der Waals surface area contributed by atoms with Gasteiger partial charge in [0.1, 0.15) is 0 Å². The first kappa shape index (κ1) is 10.1. The predicted molar refractivity (Wildman–Crippen MR) is 57.5 cm³/mol. The lowest BCUT2D eigenvalue weighted by Crippen LogP contribution is -2.23. The van der Waals surface area contributed by atoms with Gasteiger partial charge in [-0.2, -0.15) is 0 Å². The standard InChI is InChI=1S/C10H16N2OS/c1-7(13)4-11-5-9-6-14-10(12-9)8-2-3-8/h6-8,11,13H,2-5H2,1H3/t7-/m1/s1. The van der Waals surface area contributed by atoms with E-state index in [2.05, 4.69) is 15.7 Å². The summed E-state index contributed by atoms with van der Waals surface area (Å²) in [4.78, 5) is 4.54. The topological polar surface area (TPSA) is 45.1 Å². The molecule has 1 aromatic rings. The molecule has 4 heteroatoms. The maximum atomic E-state index is 9.05. The van der Waals surface area contributed by atoms with E-state index in [1.54, 1.807) is 18.3 Å². The van der Waals surface area contributed by atoms with Gasteiger partial charge in [-0.05, 0) is 19.8 Å². The normalized spacial score (nSPS) is 18.4. The molecule has 78 valence electrons. The molecule has 1 aliphatic rings. The van der Waals surface area contributed by atoms with E-state index in [9.17, 15) is 0 Å². The van der Waals surface area contributed by atoms with Crippen molar-refractivity contribution >= 4 is 11.3 Å². The SMILES string of the molecule is C[C@@H](O)CNCc1csc(C2CC2)n1. The lowest BCUT2D eigenvalue weighted by atomic mass is 10.4. The molecule has 14 heavy (non-hydrogen) atoms. The number of nitrogens with zero attached hydrogens (tertiary/aromatic N) is 1. The van der Waals surface area contributed by atoms with Gasteiger partial charge >= 0.3 is 0 Å². The minimum atomic E-state index is -0.281. The molecule has 1 aliphatic carbocycles. The number of nitrogens with one attached hydrogen (secondary N) is 1. The van der Waals surface area contributed by atoms with Crippen molar-refractivity contribution in [2.24, 2.45) is 0 Å². The molecule has 1 heterocycles. The van der Waals surface area contributed by atoms with Crippen LogP contribution in [0.25, 0.3) is 0 Å². The van der Waals surface area contributed by atoms with E-state index in [1.165, 1.54) is 17.8 Å². The Hall–Kier alpha value is -0.450. The summed E-state index contributed by atoms with van der Waals surface area (Å²) in [5.41, 5.74) is 1.11. The number of aliphatic hydroxyl groups is 1. The van der Waals surface area contributed by atoms with Crippen LogP contribution >= 0.6 is 11.3 Å². The minimum Gasteiger partial charge on any atom is -0.392 e. The Labute approximate surface area is 88.2 Å². The zero-order valence-electron chi connectivity index (χ0n) is 8.36. The highest BCUT2D eigenvalue weighted by atomic mass is 32.1. The van der Waals surface area contributed by atoms with Crippen molar-refractivity contribution in [3.8, 4) is 0 Å². The molecule has 1 aromatic heterocycles. The zero-order chi connectivity index (χ0) is 9.97. The van der Waals surface area contributed by atoms with Gasteiger partial charge in [0.15, 0.2) is 0 Å². The molecule has 0 saturated heterocycles. The van der Waals surface area contributed by atoms with Crippen LogP contribution in [0.5, 0.6) is 0 Å². The van der Waals surface area contributed by atoms with E-state index in [-0.39, 0.29) is 6.10 Å². The Kier molecular flexibility index (Phi) is 3.15. The summed E-state index contributed by atoms with van der Waals surface area (Å²) in [6, 6.07) is 0.